The van der Waals surface area contributed by atoms with Crippen LogP contribution in [0.1, 0.15) is 37.3 Å². The van der Waals surface area contributed by atoms with E-state index in [1.165, 1.54) is 6.42 Å². The van der Waals surface area contributed by atoms with E-state index < -0.39 is 15.9 Å². The molecule has 1 aromatic rings. The largest absolute Gasteiger partial charge is 0.378 e. The van der Waals surface area contributed by atoms with Crippen molar-refractivity contribution in [1.29, 1.82) is 0 Å². The van der Waals surface area contributed by atoms with Gasteiger partial charge in [-0.2, -0.15) is 5.10 Å². The molecule has 2 saturated heterocycles. The summed E-state index contributed by atoms with van der Waals surface area (Å²) >= 11 is 0. The Balaban J connectivity index is 1.60. The summed E-state index contributed by atoms with van der Waals surface area (Å²) < 4.78 is 31.3. The standard InChI is InChI=1S/C16H26N4O4S/c1-19-11-13(10-18-19)15-12-25(22,23)9-7-20(15)16(21)17-6-5-14-4-2-3-8-24-14/h10-11,14-15H,2-9,12H2,1H3,(H,17,21)/t14-,15+/m1/s1. The molecule has 2 fully saturated rings. The van der Waals surface area contributed by atoms with Crippen molar-refractivity contribution >= 4 is 15.9 Å². The van der Waals surface area contributed by atoms with Gasteiger partial charge in [-0.25, -0.2) is 13.2 Å². The first-order valence-electron chi connectivity index (χ1n) is 8.80. The Morgan fingerprint density at radius 3 is 2.96 bits per heavy atom. The fourth-order valence-corrected chi connectivity index (χ4v) is 4.91. The Morgan fingerprint density at radius 2 is 2.28 bits per heavy atom. The lowest BCUT2D eigenvalue weighted by atomic mass is 10.1. The topological polar surface area (TPSA) is 93.5 Å². The van der Waals surface area contributed by atoms with Crippen LogP contribution >= 0.6 is 0 Å². The van der Waals surface area contributed by atoms with Gasteiger partial charge in [-0.15, -0.1) is 0 Å². The Morgan fingerprint density at radius 1 is 1.44 bits per heavy atom. The molecular weight excluding hydrogens is 344 g/mol. The van der Waals surface area contributed by atoms with Gasteiger partial charge in [0.15, 0.2) is 9.84 Å². The highest BCUT2D eigenvalue weighted by Gasteiger charge is 2.35. The second-order valence-electron chi connectivity index (χ2n) is 6.78. The van der Waals surface area contributed by atoms with E-state index >= 15 is 0 Å². The minimum absolute atomic E-state index is 0.00290. The molecule has 0 bridgehead atoms. The number of rotatable bonds is 4. The first-order valence-corrected chi connectivity index (χ1v) is 10.6. The lowest BCUT2D eigenvalue weighted by Crippen LogP contribution is -2.50. The van der Waals surface area contributed by atoms with E-state index in [0.717, 1.165) is 31.4 Å². The Hall–Kier alpha value is -1.61. The molecule has 0 spiro atoms. The molecule has 25 heavy (non-hydrogen) atoms. The number of carbonyl (C=O) groups is 1. The Kier molecular flexibility index (Phi) is 5.63. The maximum absolute atomic E-state index is 12.6. The highest BCUT2D eigenvalue weighted by atomic mass is 32.2. The number of ether oxygens (including phenoxy) is 1. The van der Waals surface area contributed by atoms with E-state index in [1.54, 1.807) is 29.0 Å². The number of hydrogen-bond acceptors (Lipinski definition) is 5. The highest BCUT2D eigenvalue weighted by molar-refractivity contribution is 7.91. The molecule has 0 aromatic carbocycles. The normalized spacial score (nSPS) is 26.4. The molecular formula is C16H26N4O4S. The number of nitrogens with zero attached hydrogens (tertiary/aromatic N) is 3. The molecule has 140 valence electrons. The van der Waals surface area contributed by atoms with Crippen LogP contribution < -0.4 is 5.32 Å². The Labute approximate surface area is 148 Å². The van der Waals surface area contributed by atoms with Gasteiger partial charge >= 0.3 is 6.03 Å². The third-order valence-corrected chi connectivity index (χ3v) is 6.45. The molecule has 2 aliphatic rings. The van der Waals surface area contributed by atoms with Crippen LogP contribution in [0.25, 0.3) is 0 Å². The average Bonchev–Trinajstić information content (AvgIpc) is 3.01. The number of hydrogen-bond donors (Lipinski definition) is 1. The smallest absolute Gasteiger partial charge is 0.317 e. The molecule has 2 aliphatic heterocycles. The zero-order chi connectivity index (χ0) is 17.9. The number of aromatic nitrogens is 2. The third kappa shape index (κ3) is 4.72. The van der Waals surface area contributed by atoms with Crippen LogP contribution in [-0.4, -0.2) is 66.4 Å². The minimum atomic E-state index is -3.15. The van der Waals surface area contributed by atoms with Gasteiger partial charge in [-0.1, -0.05) is 0 Å². The molecule has 0 radical (unpaired) electrons. The summed E-state index contributed by atoms with van der Waals surface area (Å²) in [5, 5.41) is 7.02. The summed E-state index contributed by atoms with van der Waals surface area (Å²) in [4.78, 5) is 14.2. The van der Waals surface area contributed by atoms with Crippen molar-refractivity contribution in [1.82, 2.24) is 20.0 Å². The van der Waals surface area contributed by atoms with Crippen LogP contribution in [0.2, 0.25) is 0 Å². The molecule has 3 rings (SSSR count). The Bertz CT molecular complexity index is 697. The monoisotopic (exact) mass is 370 g/mol. The summed E-state index contributed by atoms with van der Waals surface area (Å²) in [5.41, 5.74) is 0.747. The van der Waals surface area contributed by atoms with Crippen LogP contribution in [0.15, 0.2) is 12.4 Å². The van der Waals surface area contributed by atoms with Gasteiger partial charge in [0.05, 0.1) is 29.8 Å². The van der Waals surface area contributed by atoms with Crippen LogP contribution in [-0.2, 0) is 21.6 Å². The van der Waals surface area contributed by atoms with Crippen LogP contribution in [0, 0.1) is 0 Å². The van der Waals surface area contributed by atoms with Gasteiger partial charge < -0.3 is 15.0 Å². The van der Waals surface area contributed by atoms with Crippen LogP contribution in [0.5, 0.6) is 0 Å². The van der Waals surface area contributed by atoms with Crippen molar-refractivity contribution in [3.05, 3.63) is 18.0 Å². The van der Waals surface area contributed by atoms with Crippen molar-refractivity contribution in [2.45, 2.75) is 37.8 Å². The van der Waals surface area contributed by atoms with E-state index in [-0.39, 0.29) is 30.2 Å². The summed E-state index contributed by atoms with van der Waals surface area (Å²) in [5.74, 6) is -0.0548. The zero-order valence-electron chi connectivity index (χ0n) is 14.6. The molecule has 2 amide bonds. The number of carbonyl (C=O) groups excluding carboxylic acids is 1. The predicted octanol–water partition coefficient (Wildman–Crippen LogP) is 0.860. The molecule has 2 atom stereocenters. The second-order valence-corrected chi connectivity index (χ2v) is 9.01. The zero-order valence-corrected chi connectivity index (χ0v) is 15.4. The lowest BCUT2D eigenvalue weighted by Gasteiger charge is -2.35. The molecule has 0 unspecified atom stereocenters. The number of urea groups is 1. The van der Waals surface area contributed by atoms with Crippen molar-refractivity contribution in [3.63, 3.8) is 0 Å². The first kappa shape index (κ1) is 18.2. The second kappa shape index (κ2) is 7.74. The molecule has 0 aliphatic carbocycles. The molecule has 8 nitrogen and oxygen atoms in total. The first-order chi connectivity index (χ1) is 11.9. The maximum Gasteiger partial charge on any atom is 0.317 e. The molecule has 3 heterocycles. The van der Waals surface area contributed by atoms with Gasteiger partial charge in [0.2, 0.25) is 0 Å². The quantitative estimate of drug-likeness (QED) is 0.848. The molecule has 9 heteroatoms. The third-order valence-electron chi connectivity index (χ3n) is 4.82. The predicted molar refractivity (Wildman–Crippen MR) is 92.9 cm³/mol. The van der Waals surface area contributed by atoms with Gasteiger partial charge in [0.1, 0.15) is 0 Å². The fraction of sp³-hybridized carbons (Fsp3) is 0.750. The number of amides is 2. The fourth-order valence-electron chi connectivity index (χ4n) is 3.42. The van der Waals surface area contributed by atoms with Gasteiger partial charge in [0.25, 0.3) is 0 Å². The average molecular weight is 370 g/mol. The summed E-state index contributed by atoms with van der Waals surface area (Å²) in [7, 11) is -1.38. The summed E-state index contributed by atoms with van der Waals surface area (Å²) in [6.07, 6.45) is 7.71. The van der Waals surface area contributed by atoms with E-state index in [9.17, 15) is 13.2 Å². The maximum atomic E-state index is 12.6. The molecule has 1 aromatic heterocycles. The number of nitrogens with one attached hydrogen (secondary N) is 1. The van der Waals surface area contributed by atoms with Crippen molar-refractivity contribution in [2.24, 2.45) is 7.05 Å². The van der Waals surface area contributed by atoms with Gasteiger partial charge in [-0.05, 0) is 25.7 Å². The van der Waals surface area contributed by atoms with E-state index in [2.05, 4.69) is 10.4 Å². The highest BCUT2D eigenvalue weighted by Crippen LogP contribution is 2.26. The number of aryl methyl sites for hydroxylation is 1. The van der Waals surface area contributed by atoms with Crippen molar-refractivity contribution in [3.8, 4) is 0 Å². The minimum Gasteiger partial charge on any atom is -0.378 e. The van der Waals surface area contributed by atoms with Gasteiger partial charge in [0, 0.05) is 38.5 Å². The van der Waals surface area contributed by atoms with Crippen molar-refractivity contribution in [2.75, 3.05) is 31.2 Å². The van der Waals surface area contributed by atoms with E-state index in [0.29, 0.717) is 6.54 Å². The summed E-state index contributed by atoms with van der Waals surface area (Å²) in [6.45, 7) is 1.53. The van der Waals surface area contributed by atoms with E-state index in [1.807, 2.05) is 0 Å². The SMILES string of the molecule is Cn1cc([C@@H]2CS(=O)(=O)CCN2C(=O)NCC[C@H]2CCCCO2)cn1. The lowest BCUT2D eigenvalue weighted by molar-refractivity contribution is 0.0118. The number of sulfone groups is 1. The van der Waals surface area contributed by atoms with Crippen molar-refractivity contribution < 1.29 is 17.9 Å². The van der Waals surface area contributed by atoms with Crippen LogP contribution in [0.4, 0.5) is 4.79 Å². The molecule has 0 saturated carbocycles. The molecule has 1 N–H and O–H groups in total. The van der Waals surface area contributed by atoms with Gasteiger partial charge in [-0.3, -0.25) is 4.68 Å². The van der Waals surface area contributed by atoms with E-state index in [4.69, 9.17) is 4.74 Å². The van der Waals surface area contributed by atoms with Crippen LogP contribution in [0.3, 0.4) is 0 Å². The summed E-state index contributed by atoms with van der Waals surface area (Å²) in [6, 6.07) is -0.710.